The summed E-state index contributed by atoms with van der Waals surface area (Å²) in [5, 5.41) is 0.701. The SMILES string of the molecule is Cc1ccc(N=C(NN)NNc2nc3ccc(OCCN(C)C)cc3s2)cc1. The minimum absolute atomic E-state index is 0.385. The maximum absolute atomic E-state index is 5.78. The number of nitrogens with one attached hydrogen (secondary N) is 3. The number of anilines is 1. The minimum atomic E-state index is 0.385. The normalized spacial score (nSPS) is 11.7. The zero-order valence-corrected chi connectivity index (χ0v) is 17.0. The van der Waals surface area contributed by atoms with E-state index in [1.807, 2.05) is 63.5 Å². The van der Waals surface area contributed by atoms with Crippen molar-refractivity contribution in [2.24, 2.45) is 10.8 Å². The van der Waals surface area contributed by atoms with Crippen molar-refractivity contribution in [1.82, 2.24) is 20.7 Å². The van der Waals surface area contributed by atoms with Crippen molar-refractivity contribution in [2.45, 2.75) is 6.92 Å². The number of aryl methyl sites for hydroxylation is 1. The molecular weight excluding hydrogens is 374 g/mol. The van der Waals surface area contributed by atoms with Crippen LogP contribution in [0, 0.1) is 6.92 Å². The van der Waals surface area contributed by atoms with Crippen LogP contribution in [0.15, 0.2) is 47.5 Å². The van der Waals surface area contributed by atoms with E-state index >= 15 is 0 Å². The summed E-state index contributed by atoms with van der Waals surface area (Å²) in [5.41, 5.74) is 11.4. The summed E-state index contributed by atoms with van der Waals surface area (Å²) in [6.45, 7) is 3.54. The van der Waals surface area contributed by atoms with Crippen molar-refractivity contribution in [3.05, 3.63) is 48.0 Å². The van der Waals surface area contributed by atoms with Crippen molar-refractivity contribution >= 4 is 38.3 Å². The summed E-state index contributed by atoms with van der Waals surface area (Å²) >= 11 is 1.51. The van der Waals surface area contributed by atoms with Crippen LogP contribution < -0.4 is 26.9 Å². The van der Waals surface area contributed by atoms with Gasteiger partial charge in [0.05, 0.1) is 15.9 Å². The Morgan fingerprint density at radius 2 is 2.00 bits per heavy atom. The molecule has 5 N–H and O–H groups in total. The monoisotopic (exact) mass is 399 g/mol. The minimum Gasteiger partial charge on any atom is -0.492 e. The number of aliphatic imine (C=N–C) groups is 1. The van der Waals surface area contributed by atoms with Crippen molar-refractivity contribution in [1.29, 1.82) is 0 Å². The molecule has 0 atom stereocenters. The number of thiazole rings is 1. The highest BCUT2D eigenvalue weighted by atomic mass is 32.1. The average Bonchev–Trinajstić information content (AvgIpc) is 3.08. The first-order chi connectivity index (χ1) is 13.5. The molecule has 0 aliphatic heterocycles. The number of rotatable bonds is 7. The molecule has 1 heterocycles. The molecule has 0 aliphatic carbocycles. The van der Waals surface area contributed by atoms with Gasteiger partial charge in [-0.15, -0.1) is 0 Å². The molecule has 28 heavy (non-hydrogen) atoms. The highest BCUT2D eigenvalue weighted by molar-refractivity contribution is 7.22. The lowest BCUT2D eigenvalue weighted by Crippen LogP contribution is -2.44. The topological polar surface area (TPSA) is 99.8 Å². The molecule has 0 saturated carbocycles. The summed E-state index contributed by atoms with van der Waals surface area (Å²) in [6, 6.07) is 13.7. The molecule has 148 valence electrons. The van der Waals surface area contributed by atoms with Gasteiger partial charge in [0.25, 0.3) is 0 Å². The molecule has 0 spiro atoms. The van der Waals surface area contributed by atoms with Crippen molar-refractivity contribution in [2.75, 3.05) is 32.7 Å². The average molecular weight is 400 g/mol. The maximum Gasteiger partial charge on any atom is 0.230 e. The second kappa shape index (κ2) is 9.36. The van der Waals surface area contributed by atoms with Crippen LogP contribution >= 0.6 is 11.3 Å². The summed E-state index contributed by atoms with van der Waals surface area (Å²) in [7, 11) is 4.04. The number of nitrogens with zero attached hydrogens (tertiary/aromatic N) is 3. The highest BCUT2D eigenvalue weighted by Crippen LogP contribution is 2.28. The van der Waals surface area contributed by atoms with Gasteiger partial charge in [-0.2, -0.15) is 0 Å². The molecule has 0 saturated heterocycles. The van der Waals surface area contributed by atoms with E-state index in [0.29, 0.717) is 17.7 Å². The van der Waals surface area contributed by atoms with Gasteiger partial charge in [-0.1, -0.05) is 29.0 Å². The highest BCUT2D eigenvalue weighted by Gasteiger charge is 2.06. The Balaban J connectivity index is 1.63. The Morgan fingerprint density at radius 3 is 2.71 bits per heavy atom. The van der Waals surface area contributed by atoms with Crippen molar-refractivity contribution in [3.63, 3.8) is 0 Å². The van der Waals surface area contributed by atoms with Gasteiger partial charge < -0.3 is 9.64 Å². The summed E-state index contributed by atoms with van der Waals surface area (Å²) in [5.74, 6) is 6.78. The van der Waals surface area contributed by atoms with Gasteiger partial charge in [-0.25, -0.2) is 15.8 Å². The number of guanidine groups is 1. The molecule has 2 aromatic carbocycles. The van der Waals surface area contributed by atoms with Crippen LogP contribution in [-0.4, -0.2) is 43.1 Å². The van der Waals surface area contributed by atoms with E-state index in [1.165, 1.54) is 16.9 Å². The molecule has 8 nitrogen and oxygen atoms in total. The number of hydrogen-bond acceptors (Lipinski definition) is 7. The third-order valence-corrected chi connectivity index (χ3v) is 4.80. The molecule has 0 bridgehead atoms. The third-order valence-electron chi connectivity index (χ3n) is 3.87. The molecule has 1 aromatic heterocycles. The van der Waals surface area contributed by atoms with E-state index in [4.69, 9.17) is 10.6 Å². The smallest absolute Gasteiger partial charge is 0.230 e. The van der Waals surface area contributed by atoms with Crippen molar-refractivity contribution < 1.29 is 4.74 Å². The number of hydrazine groups is 2. The molecule has 0 amide bonds. The Kier molecular flexibility index (Phi) is 6.64. The second-order valence-electron chi connectivity index (χ2n) is 6.49. The molecule has 0 aliphatic rings. The van der Waals surface area contributed by atoms with Crippen LogP contribution in [0.2, 0.25) is 0 Å². The van der Waals surface area contributed by atoms with Gasteiger partial charge in [0.1, 0.15) is 12.4 Å². The Bertz CT molecular complexity index is 937. The molecule has 0 fully saturated rings. The lowest BCUT2D eigenvalue weighted by molar-refractivity contribution is 0.261. The molecule has 9 heteroatoms. The largest absolute Gasteiger partial charge is 0.492 e. The van der Waals surface area contributed by atoms with Gasteiger partial charge >= 0.3 is 0 Å². The molecule has 3 rings (SSSR count). The van der Waals surface area contributed by atoms with E-state index in [2.05, 4.69) is 31.2 Å². The maximum atomic E-state index is 5.78. The molecule has 0 unspecified atom stereocenters. The fourth-order valence-corrected chi connectivity index (χ4v) is 3.20. The third kappa shape index (κ3) is 5.56. The number of likely N-dealkylation sites (N-methyl/N-ethyl adjacent to an activating group) is 1. The van der Waals surface area contributed by atoms with E-state index in [0.717, 1.165) is 28.2 Å². The Labute approximate surface area is 168 Å². The first kappa shape index (κ1) is 19.9. The van der Waals surface area contributed by atoms with E-state index < -0.39 is 0 Å². The zero-order valence-electron chi connectivity index (χ0n) is 16.2. The molecular formula is C19H25N7OS. The summed E-state index contributed by atoms with van der Waals surface area (Å²) < 4.78 is 6.81. The van der Waals surface area contributed by atoms with Gasteiger partial charge in [-0.3, -0.25) is 16.3 Å². The van der Waals surface area contributed by atoms with E-state index in [-0.39, 0.29) is 0 Å². The Hall–Kier alpha value is -2.88. The number of hydrogen-bond donors (Lipinski definition) is 4. The van der Waals surface area contributed by atoms with Crippen LogP contribution in [-0.2, 0) is 0 Å². The number of ether oxygens (including phenoxy) is 1. The van der Waals surface area contributed by atoms with E-state index in [1.54, 1.807) is 0 Å². The van der Waals surface area contributed by atoms with E-state index in [9.17, 15) is 0 Å². The standard InChI is InChI=1S/C19H25N7OS/c1-13-4-6-14(7-5-13)21-18(23-20)24-25-19-22-16-9-8-15(12-17(16)28-19)27-11-10-26(2)3/h4-9,12H,10-11,20H2,1-3H3,(H,22,25)(H2,21,23,24). The van der Waals surface area contributed by atoms with Gasteiger partial charge in [-0.05, 0) is 51.4 Å². The number of nitrogens with two attached hydrogens (primary N) is 1. The predicted molar refractivity (Wildman–Crippen MR) is 116 cm³/mol. The molecule has 0 radical (unpaired) electrons. The second-order valence-corrected chi connectivity index (χ2v) is 7.52. The fraction of sp³-hybridized carbons (Fsp3) is 0.263. The number of aromatic nitrogens is 1. The quantitative estimate of drug-likeness (QED) is 0.210. The first-order valence-electron chi connectivity index (χ1n) is 8.85. The van der Waals surface area contributed by atoms with Gasteiger partial charge in [0.15, 0.2) is 0 Å². The summed E-state index contributed by atoms with van der Waals surface area (Å²) in [6.07, 6.45) is 0. The van der Waals surface area contributed by atoms with Crippen LogP contribution in [0.4, 0.5) is 10.8 Å². The van der Waals surface area contributed by atoms with Gasteiger partial charge in [0.2, 0.25) is 11.1 Å². The Morgan fingerprint density at radius 1 is 1.21 bits per heavy atom. The van der Waals surface area contributed by atoms with Crippen LogP contribution in [0.3, 0.4) is 0 Å². The fourth-order valence-electron chi connectivity index (χ4n) is 2.35. The van der Waals surface area contributed by atoms with Crippen molar-refractivity contribution in [3.8, 4) is 5.75 Å². The van der Waals surface area contributed by atoms with Crippen LogP contribution in [0.1, 0.15) is 5.56 Å². The van der Waals surface area contributed by atoms with Crippen LogP contribution in [0.25, 0.3) is 10.2 Å². The zero-order chi connectivity index (χ0) is 19.9. The predicted octanol–water partition coefficient (Wildman–Crippen LogP) is 2.61. The lowest BCUT2D eigenvalue weighted by Gasteiger charge is -2.10. The number of benzene rings is 2. The summed E-state index contributed by atoms with van der Waals surface area (Å²) in [4.78, 5) is 11.0. The molecule has 3 aromatic rings. The first-order valence-corrected chi connectivity index (χ1v) is 9.67. The van der Waals surface area contributed by atoms with Crippen LogP contribution in [0.5, 0.6) is 5.75 Å². The lowest BCUT2D eigenvalue weighted by atomic mass is 10.2. The number of fused-ring (bicyclic) bond motifs is 1. The van der Waals surface area contributed by atoms with Gasteiger partial charge in [0, 0.05) is 6.54 Å².